The number of amides is 2. The first-order chi connectivity index (χ1) is 11.8. The quantitative estimate of drug-likeness (QED) is 0.621. The third-order valence-electron chi connectivity index (χ3n) is 3.04. The lowest BCUT2D eigenvalue weighted by atomic mass is 10.3. The first-order valence-electron chi connectivity index (χ1n) is 7.01. The number of rotatable bonds is 4. The van der Waals surface area contributed by atoms with Gasteiger partial charge in [-0.05, 0) is 30.3 Å². The normalized spacial score (nSPS) is 11.3. The van der Waals surface area contributed by atoms with E-state index in [1.54, 1.807) is 42.5 Å². The number of carbonyl (C=O) groups excluding carboxylic acids is 1. The van der Waals surface area contributed by atoms with Gasteiger partial charge in [-0.25, -0.2) is 18.2 Å². The van der Waals surface area contributed by atoms with E-state index in [1.165, 1.54) is 11.3 Å². The Balaban J connectivity index is 1.75. The van der Waals surface area contributed by atoms with E-state index in [0.717, 1.165) is 11.0 Å². The van der Waals surface area contributed by atoms with Crippen LogP contribution in [0.15, 0.2) is 42.5 Å². The fourth-order valence-corrected chi connectivity index (χ4v) is 3.97. The zero-order chi connectivity index (χ0) is 18.0. The summed E-state index contributed by atoms with van der Waals surface area (Å²) in [5.41, 5.74) is 1.68. The van der Waals surface area contributed by atoms with Crippen LogP contribution in [0.2, 0.25) is 5.02 Å². The second-order valence-corrected chi connectivity index (χ2v) is 8.32. The minimum absolute atomic E-state index is 0.273. The molecule has 1 heterocycles. The predicted molar refractivity (Wildman–Crippen MR) is 102 cm³/mol. The van der Waals surface area contributed by atoms with Gasteiger partial charge in [-0.3, -0.25) is 4.72 Å². The second-order valence-electron chi connectivity index (χ2n) is 5.13. The highest BCUT2D eigenvalue weighted by Gasteiger charge is 2.10. The first kappa shape index (κ1) is 17.5. The molecule has 130 valence electrons. The van der Waals surface area contributed by atoms with Gasteiger partial charge in [0.25, 0.3) is 0 Å². The molecule has 0 aliphatic carbocycles. The number of nitrogens with zero attached hydrogens (tertiary/aromatic N) is 1. The van der Waals surface area contributed by atoms with Crippen LogP contribution < -0.4 is 15.4 Å². The maximum Gasteiger partial charge on any atom is 0.323 e. The summed E-state index contributed by atoms with van der Waals surface area (Å²) in [6, 6.07) is 11.6. The van der Waals surface area contributed by atoms with Crippen molar-refractivity contribution < 1.29 is 13.2 Å². The summed E-state index contributed by atoms with van der Waals surface area (Å²) in [6.45, 7) is 0. The molecule has 0 bridgehead atoms. The lowest BCUT2D eigenvalue weighted by molar-refractivity contribution is 0.262. The maximum atomic E-state index is 12.1. The average molecular weight is 397 g/mol. The van der Waals surface area contributed by atoms with E-state index < -0.39 is 16.1 Å². The highest BCUT2D eigenvalue weighted by atomic mass is 35.5. The summed E-state index contributed by atoms with van der Waals surface area (Å²) < 4.78 is 25.6. The topological polar surface area (TPSA) is 100 Å². The van der Waals surface area contributed by atoms with Gasteiger partial charge in [0.1, 0.15) is 0 Å². The molecule has 1 aromatic heterocycles. The molecule has 0 atom stereocenters. The van der Waals surface area contributed by atoms with Crippen molar-refractivity contribution in [2.24, 2.45) is 0 Å². The minimum atomic E-state index is -3.39. The minimum Gasteiger partial charge on any atom is -0.308 e. The Labute approximate surface area is 153 Å². The van der Waals surface area contributed by atoms with Crippen LogP contribution in [0.25, 0.3) is 10.2 Å². The molecule has 2 aromatic carbocycles. The number of thiazole rings is 1. The maximum absolute atomic E-state index is 12.1. The Morgan fingerprint density at radius 2 is 1.92 bits per heavy atom. The number of para-hydroxylation sites is 1. The van der Waals surface area contributed by atoms with E-state index in [2.05, 4.69) is 20.3 Å². The molecule has 0 aliphatic heterocycles. The molecule has 0 aliphatic rings. The number of aromatic nitrogens is 1. The SMILES string of the molecule is CS(=O)(=O)Nc1nc2ccc(NC(=O)Nc3ccccc3Cl)cc2s1. The van der Waals surface area contributed by atoms with E-state index in [9.17, 15) is 13.2 Å². The molecular weight excluding hydrogens is 384 g/mol. The van der Waals surface area contributed by atoms with Crippen LogP contribution in [-0.4, -0.2) is 25.7 Å². The van der Waals surface area contributed by atoms with E-state index >= 15 is 0 Å². The van der Waals surface area contributed by atoms with Crippen LogP contribution in [-0.2, 0) is 10.0 Å². The summed E-state index contributed by atoms with van der Waals surface area (Å²) in [4.78, 5) is 16.3. The van der Waals surface area contributed by atoms with Crippen LogP contribution in [0.5, 0.6) is 0 Å². The molecule has 0 spiro atoms. The smallest absolute Gasteiger partial charge is 0.308 e. The molecular formula is C15H13ClN4O3S2. The molecule has 3 aromatic rings. The lowest BCUT2D eigenvalue weighted by Crippen LogP contribution is -2.19. The van der Waals surface area contributed by atoms with Crippen molar-refractivity contribution in [1.29, 1.82) is 0 Å². The number of hydrogen-bond acceptors (Lipinski definition) is 5. The number of urea groups is 1. The third-order valence-corrected chi connectivity index (χ3v) is 5.00. The first-order valence-corrected chi connectivity index (χ1v) is 10.1. The molecule has 0 fully saturated rings. The van der Waals surface area contributed by atoms with E-state index in [4.69, 9.17) is 11.6 Å². The van der Waals surface area contributed by atoms with E-state index in [-0.39, 0.29) is 5.13 Å². The third kappa shape index (κ3) is 4.59. The van der Waals surface area contributed by atoms with Crippen LogP contribution in [0.1, 0.15) is 0 Å². The predicted octanol–water partition coefficient (Wildman–Crippen LogP) is 3.97. The summed E-state index contributed by atoms with van der Waals surface area (Å²) in [5.74, 6) is 0. The number of fused-ring (bicyclic) bond motifs is 1. The zero-order valence-electron chi connectivity index (χ0n) is 12.9. The molecule has 0 radical (unpaired) electrons. The standard InChI is InChI=1S/C15H13ClN4O3S2/c1-25(22,23)20-15-19-12-7-6-9(8-13(12)24-15)17-14(21)18-11-5-3-2-4-10(11)16/h2-8H,1H3,(H,19,20)(H2,17,18,21). The summed E-state index contributed by atoms with van der Waals surface area (Å²) in [7, 11) is -3.39. The molecule has 0 saturated heterocycles. The van der Waals surface area contributed by atoms with Gasteiger partial charge in [-0.15, -0.1) is 0 Å². The van der Waals surface area contributed by atoms with Crippen molar-refractivity contribution in [3.63, 3.8) is 0 Å². The fourth-order valence-electron chi connectivity index (χ4n) is 2.05. The Kier molecular flexibility index (Phi) is 4.80. The molecule has 7 nitrogen and oxygen atoms in total. The Morgan fingerprint density at radius 1 is 1.16 bits per heavy atom. The van der Waals surface area contributed by atoms with Crippen molar-refractivity contribution in [2.75, 3.05) is 21.6 Å². The van der Waals surface area contributed by atoms with E-state index in [1.807, 2.05) is 0 Å². The largest absolute Gasteiger partial charge is 0.323 e. The summed E-state index contributed by atoms with van der Waals surface area (Å²) in [6.07, 6.45) is 1.06. The Hall–Kier alpha value is -2.36. The number of hydrogen-bond donors (Lipinski definition) is 3. The van der Waals surface area contributed by atoms with Crippen LogP contribution >= 0.6 is 22.9 Å². The van der Waals surface area contributed by atoms with E-state index in [0.29, 0.717) is 21.9 Å². The number of sulfonamides is 1. The molecule has 3 rings (SSSR count). The monoisotopic (exact) mass is 396 g/mol. The van der Waals surface area contributed by atoms with Crippen LogP contribution in [0.4, 0.5) is 21.3 Å². The Bertz CT molecular complexity index is 1050. The molecule has 0 unspecified atom stereocenters. The van der Waals surface area contributed by atoms with Crippen molar-refractivity contribution in [2.45, 2.75) is 0 Å². The van der Waals surface area contributed by atoms with Gasteiger partial charge in [-0.1, -0.05) is 35.1 Å². The zero-order valence-corrected chi connectivity index (χ0v) is 15.3. The van der Waals surface area contributed by atoms with Crippen molar-refractivity contribution in [3.8, 4) is 0 Å². The number of benzene rings is 2. The van der Waals surface area contributed by atoms with Gasteiger partial charge in [0, 0.05) is 5.69 Å². The van der Waals surface area contributed by atoms with Gasteiger partial charge in [-0.2, -0.15) is 0 Å². The molecule has 3 N–H and O–H groups in total. The fraction of sp³-hybridized carbons (Fsp3) is 0.0667. The second kappa shape index (κ2) is 6.87. The lowest BCUT2D eigenvalue weighted by Gasteiger charge is -2.08. The number of anilines is 3. The van der Waals surface area contributed by atoms with Crippen molar-refractivity contribution >= 4 is 65.7 Å². The number of carbonyl (C=O) groups is 1. The number of halogens is 1. The summed E-state index contributed by atoms with van der Waals surface area (Å²) in [5, 5.41) is 6.07. The highest BCUT2D eigenvalue weighted by molar-refractivity contribution is 7.92. The Morgan fingerprint density at radius 3 is 2.64 bits per heavy atom. The van der Waals surface area contributed by atoms with Gasteiger partial charge in [0.05, 0.1) is 27.2 Å². The highest BCUT2D eigenvalue weighted by Crippen LogP contribution is 2.29. The van der Waals surface area contributed by atoms with Gasteiger partial charge < -0.3 is 10.6 Å². The average Bonchev–Trinajstić information content (AvgIpc) is 2.88. The van der Waals surface area contributed by atoms with Gasteiger partial charge in [0.2, 0.25) is 10.0 Å². The van der Waals surface area contributed by atoms with Gasteiger partial charge >= 0.3 is 6.03 Å². The van der Waals surface area contributed by atoms with Crippen molar-refractivity contribution in [3.05, 3.63) is 47.5 Å². The molecule has 2 amide bonds. The van der Waals surface area contributed by atoms with Crippen LogP contribution in [0, 0.1) is 0 Å². The van der Waals surface area contributed by atoms with Crippen molar-refractivity contribution in [1.82, 2.24) is 4.98 Å². The summed E-state index contributed by atoms with van der Waals surface area (Å²) >= 11 is 7.18. The van der Waals surface area contributed by atoms with Crippen LogP contribution in [0.3, 0.4) is 0 Å². The van der Waals surface area contributed by atoms with Gasteiger partial charge in [0.15, 0.2) is 5.13 Å². The molecule has 0 saturated carbocycles. The number of nitrogens with one attached hydrogen (secondary N) is 3. The molecule has 10 heteroatoms. The molecule has 25 heavy (non-hydrogen) atoms.